The molecule has 2 aromatic rings. The van der Waals surface area contributed by atoms with Crippen LogP contribution in [0.2, 0.25) is 10.0 Å². The summed E-state index contributed by atoms with van der Waals surface area (Å²) in [6, 6.07) is 13.4. The fourth-order valence-electron chi connectivity index (χ4n) is 3.04. The number of benzene rings is 2. The van der Waals surface area contributed by atoms with E-state index in [9.17, 15) is 13.2 Å². The molecule has 0 spiro atoms. The highest BCUT2D eigenvalue weighted by Crippen LogP contribution is 2.25. The SMILES string of the molecule is O=C(CCN1CCN(S(=O)(=O)c2ccccc2Cl)CC1)Nc1cccc(Cl)c1. The summed E-state index contributed by atoms with van der Waals surface area (Å²) in [4.78, 5) is 14.3. The normalized spacial score (nSPS) is 16.1. The molecule has 150 valence electrons. The van der Waals surface area contributed by atoms with Gasteiger partial charge in [0.05, 0.1) is 5.02 Å². The average molecular weight is 442 g/mol. The summed E-state index contributed by atoms with van der Waals surface area (Å²) in [5.41, 5.74) is 0.660. The first-order chi connectivity index (χ1) is 13.4. The Balaban J connectivity index is 1.49. The van der Waals surface area contributed by atoms with Crippen LogP contribution in [0, 0.1) is 0 Å². The maximum absolute atomic E-state index is 12.8. The second-order valence-corrected chi connectivity index (χ2v) is 9.23. The van der Waals surface area contributed by atoms with Crippen LogP contribution in [0.1, 0.15) is 6.42 Å². The van der Waals surface area contributed by atoms with Crippen molar-refractivity contribution >= 4 is 44.8 Å². The van der Waals surface area contributed by atoms with Crippen LogP contribution in [0.25, 0.3) is 0 Å². The summed E-state index contributed by atoms with van der Waals surface area (Å²) in [5.74, 6) is -0.103. The van der Waals surface area contributed by atoms with E-state index >= 15 is 0 Å². The zero-order valence-corrected chi connectivity index (χ0v) is 17.5. The molecular formula is C19H21Cl2N3O3S. The molecule has 1 saturated heterocycles. The van der Waals surface area contributed by atoms with Crippen molar-refractivity contribution in [2.24, 2.45) is 0 Å². The molecule has 0 bridgehead atoms. The fourth-order valence-corrected chi connectivity index (χ4v) is 5.14. The van der Waals surface area contributed by atoms with Gasteiger partial charge in [0.15, 0.2) is 0 Å². The molecule has 1 fully saturated rings. The molecule has 2 aromatic carbocycles. The van der Waals surface area contributed by atoms with E-state index in [2.05, 4.69) is 10.2 Å². The third kappa shape index (κ3) is 5.24. The molecule has 0 aliphatic carbocycles. The van der Waals surface area contributed by atoms with E-state index in [0.717, 1.165) is 0 Å². The Bertz CT molecular complexity index is 945. The molecule has 1 N–H and O–H groups in total. The number of nitrogens with zero attached hydrogens (tertiary/aromatic N) is 2. The third-order valence-electron chi connectivity index (χ3n) is 4.55. The number of nitrogens with one attached hydrogen (secondary N) is 1. The van der Waals surface area contributed by atoms with Gasteiger partial charge in [-0.25, -0.2) is 8.42 Å². The summed E-state index contributed by atoms with van der Waals surface area (Å²) in [5, 5.41) is 3.60. The van der Waals surface area contributed by atoms with Gasteiger partial charge < -0.3 is 10.2 Å². The van der Waals surface area contributed by atoms with Gasteiger partial charge in [0.25, 0.3) is 0 Å². The van der Waals surface area contributed by atoms with Crippen LogP contribution in [0.5, 0.6) is 0 Å². The van der Waals surface area contributed by atoms with Crippen molar-refractivity contribution in [3.8, 4) is 0 Å². The van der Waals surface area contributed by atoms with Gasteiger partial charge in [-0.2, -0.15) is 4.31 Å². The molecule has 0 aromatic heterocycles. The molecule has 0 saturated carbocycles. The van der Waals surface area contributed by atoms with Gasteiger partial charge in [-0.1, -0.05) is 41.4 Å². The van der Waals surface area contributed by atoms with Crippen molar-refractivity contribution in [3.63, 3.8) is 0 Å². The maximum Gasteiger partial charge on any atom is 0.244 e. The number of piperazine rings is 1. The number of hydrogen-bond donors (Lipinski definition) is 1. The Morgan fingerprint density at radius 2 is 1.71 bits per heavy atom. The zero-order chi connectivity index (χ0) is 20.1. The van der Waals surface area contributed by atoms with Gasteiger partial charge in [0.2, 0.25) is 15.9 Å². The summed E-state index contributed by atoms with van der Waals surface area (Å²) in [6.45, 7) is 2.42. The van der Waals surface area contributed by atoms with Gasteiger partial charge in [-0.3, -0.25) is 4.79 Å². The van der Waals surface area contributed by atoms with Gasteiger partial charge >= 0.3 is 0 Å². The Morgan fingerprint density at radius 1 is 1.00 bits per heavy atom. The van der Waals surface area contributed by atoms with Crippen LogP contribution < -0.4 is 5.32 Å². The highest BCUT2D eigenvalue weighted by Gasteiger charge is 2.29. The maximum atomic E-state index is 12.8. The van der Waals surface area contributed by atoms with Gasteiger partial charge in [-0.15, -0.1) is 0 Å². The Labute approximate surface area is 175 Å². The number of carbonyl (C=O) groups excluding carboxylic acids is 1. The Morgan fingerprint density at radius 3 is 2.39 bits per heavy atom. The molecule has 0 atom stereocenters. The number of hydrogen-bond acceptors (Lipinski definition) is 4. The van der Waals surface area contributed by atoms with E-state index in [4.69, 9.17) is 23.2 Å². The standard InChI is InChI=1S/C19H21Cl2N3O3S/c20-15-4-3-5-16(14-15)22-19(25)8-9-23-10-12-24(13-11-23)28(26,27)18-7-2-1-6-17(18)21/h1-7,14H,8-13H2,(H,22,25). The zero-order valence-electron chi connectivity index (χ0n) is 15.1. The largest absolute Gasteiger partial charge is 0.326 e. The Hall–Kier alpha value is -1.64. The third-order valence-corrected chi connectivity index (χ3v) is 7.18. The van der Waals surface area contributed by atoms with E-state index in [1.807, 2.05) is 0 Å². The lowest BCUT2D eigenvalue weighted by molar-refractivity contribution is -0.116. The monoisotopic (exact) mass is 441 g/mol. The van der Waals surface area contributed by atoms with Crippen LogP contribution in [0.3, 0.4) is 0 Å². The first-order valence-electron chi connectivity index (χ1n) is 8.89. The number of rotatable bonds is 6. The highest BCUT2D eigenvalue weighted by atomic mass is 35.5. The summed E-state index contributed by atoms with van der Waals surface area (Å²) in [6.07, 6.45) is 0.323. The van der Waals surface area contributed by atoms with Crippen molar-refractivity contribution in [1.29, 1.82) is 0 Å². The van der Waals surface area contributed by atoms with Crippen molar-refractivity contribution in [1.82, 2.24) is 9.21 Å². The summed E-state index contributed by atoms with van der Waals surface area (Å²) >= 11 is 12.0. The average Bonchev–Trinajstić information content (AvgIpc) is 2.67. The lowest BCUT2D eigenvalue weighted by Gasteiger charge is -2.34. The van der Waals surface area contributed by atoms with Crippen LogP contribution in [-0.2, 0) is 14.8 Å². The molecule has 1 aliphatic rings. The first-order valence-corrected chi connectivity index (χ1v) is 11.1. The van der Waals surface area contributed by atoms with E-state index in [0.29, 0.717) is 49.9 Å². The molecule has 28 heavy (non-hydrogen) atoms. The van der Waals surface area contributed by atoms with Crippen molar-refractivity contribution < 1.29 is 13.2 Å². The number of carbonyl (C=O) groups is 1. The summed E-state index contributed by atoms with van der Waals surface area (Å²) in [7, 11) is -3.61. The smallest absolute Gasteiger partial charge is 0.244 e. The second-order valence-electron chi connectivity index (χ2n) is 6.48. The number of halogens is 2. The number of sulfonamides is 1. The van der Waals surface area contributed by atoms with Crippen molar-refractivity contribution in [3.05, 3.63) is 58.6 Å². The van der Waals surface area contributed by atoms with Crippen LogP contribution >= 0.6 is 23.2 Å². The minimum Gasteiger partial charge on any atom is -0.326 e. The predicted octanol–water partition coefficient (Wildman–Crippen LogP) is 3.33. The molecule has 3 rings (SSSR count). The molecule has 6 nitrogen and oxygen atoms in total. The van der Waals surface area contributed by atoms with Crippen molar-refractivity contribution in [2.45, 2.75) is 11.3 Å². The minimum atomic E-state index is -3.61. The predicted molar refractivity (Wildman–Crippen MR) is 111 cm³/mol. The quantitative estimate of drug-likeness (QED) is 0.745. The highest BCUT2D eigenvalue weighted by molar-refractivity contribution is 7.89. The van der Waals surface area contributed by atoms with E-state index < -0.39 is 10.0 Å². The van der Waals surface area contributed by atoms with Crippen LogP contribution in [0.15, 0.2) is 53.4 Å². The lowest BCUT2D eigenvalue weighted by Crippen LogP contribution is -2.49. The van der Waals surface area contributed by atoms with Gasteiger partial charge in [0.1, 0.15) is 4.90 Å². The van der Waals surface area contributed by atoms with E-state index in [-0.39, 0.29) is 15.8 Å². The molecular weight excluding hydrogens is 421 g/mol. The Kier molecular flexibility index (Phi) is 6.95. The molecule has 0 radical (unpaired) electrons. The molecule has 1 heterocycles. The van der Waals surface area contributed by atoms with Gasteiger partial charge in [0, 0.05) is 49.9 Å². The molecule has 0 unspecified atom stereocenters. The first kappa shape index (κ1) is 21.1. The molecule has 1 aliphatic heterocycles. The summed E-state index contributed by atoms with van der Waals surface area (Å²) < 4.78 is 27.0. The number of amides is 1. The fraction of sp³-hybridized carbons (Fsp3) is 0.316. The number of anilines is 1. The van der Waals surface area contributed by atoms with E-state index in [1.165, 1.54) is 10.4 Å². The molecule has 9 heteroatoms. The van der Waals surface area contributed by atoms with Crippen LogP contribution in [0.4, 0.5) is 5.69 Å². The minimum absolute atomic E-state index is 0.103. The van der Waals surface area contributed by atoms with E-state index in [1.54, 1.807) is 42.5 Å². The molecule has 1 amide bonds. The topological polar surface area (TPSA) is 69.7 Å². The second kappa shape index (κ2) is 9.24. The van der Waals surface area contributed by atoms with Crippen LogP contribution in [-0.4, -0.2) is 56.3 Å². The van der Waals surface area contributed by atoms with Crippen molar-refractivity contribution in [2.75, 3.05) is 38.0 Å². The lowest BCUT2D eigenvalue weighted by atomic mass is 10.3. The van der Waals surface area contributed by atoms with Gasteiger partial charge in [-0.05, 0) is 30.3 Å².